The number of ether oxygens (including phenoxy) is 1. The SMILES string of the molecule is O=C(Nc1cc2cc(-c3c(Cl)c(F)c(OC(F)(F)F)c4[nH]ncc34)ccn2n1)C1CC1F. The molecule has 2 N–H and O–H groups in total. The van der Waals surface area contributed by atoms with Gasteiger partial charge in [0.05, 0.1) is 22.7 Å². The minimum atomic E-state index is -5.14. The third kappa shape index (κ3) is 3.49. The molecule has 0 radical (unpaired) electrons. The van der Waals surface area contributed by atoms with Gasteiger partial charge in [-0.2, -0.15) is 10.2 Å². The van der Waals surface area contributed by atoms with Gasteiger partial charge < -0.3 is 10.1 Å². The first-order valence-electron chi connectivity index (χ1n) is 9.17. The number of rotatable bonds is 4. The molecule has 0 bridgehead atoms. The molecule has 1 amide bonds. The van der Waals surface area contributed by atoms with E-state index < -0.39 is 40.9 Å². The van der Waals surface area contributed by atoms with Crippen molar-refractivity contribution >= 4 is 39.7 Å². The molecule has 1 aliphatic rings. The van der Waals surface area contributed by atoms with Crippen molar-refractivity contribution in [3.63, 3.8) is 0 Å². The van der Waals surface area contributed by atoms with E-state index in [4.69, 9.17) is 11.6 Å². The summed E-state index contributed by atoms with van der Waals surface area (Å²) in [4.78, 5) is 11.9. The number of carbonyl (C=O) groups excluding carboxylic acids is 1. The maximum atomic E-state index is 14.8. The van der Waals surface area contributed by atoms with Gasteiger partial charge in [0.1, 0.15) is 11.7 Å². The third-order valence-corrected chi connectivity index (χ3v) is 5.37. The van der Waals surface area contributed by atoms with Crippen LogP contribution in [0.25, 0.3) is 27.5 Å². The van der Waals surface area contributed by atoms with E-state index in [1.807, 2.05) is 0 Å². The number of anilines is 1. The topological polar surface area (TPSA) is 84.3 Å². The maximum absolute atomic E-state index is 14.8. The minimum Gasteiger partial charge on any atom is -0.400 e. The second kappa shape index (κ2) is 7.05. The van der Waals surface area contributed by atoms with Crippen LogP contribution in [0.1, 0.15) is 6.42 Å². The Morgan fingerprint density at radius 3 is 2.78 bits per heavy atom. The largest absolute Gasteiger partial charge is 0.573 e. The Balaban J connectivity index is 1.57. The molecule has 3 aromatic heterocycles. The molecule has 1 aromatic carbocycles. The van der Waals surface area contributed by atoms with E-state index in [-0.39, 0.29) is 28.7 Å². The summed E-state index contributed by atoms with van der Waals surface area (Å²) in [5.74, 6) is -3.50. The second-order valence-electron chi connectivity index (χ2n) is 7.20. The van der Waals surface area contributed by atoms with Gasteiger partial charge in [0.2, 0.25) is 5.91 Å². The van der Waals surface area contributed by atoms with Gasteiger partial charge in [0.25, 0.3) is 0 Å². The molecular weight excluding hydrogens is 461 g/mol. The van der Waals surface area contributed by atoms with E-state index in [1.54, 1.807) is 6.07 Å². The van der Waals surface area contributed by atoms with Crippen molar-refractivity contribution in [3.8, 4) is 16.9 Å². The minimum absolute atomic E-state index is 0.0926. The molecule has 166 valence electrons. The van der Waals surface area contributed by atoms with Crippen molar-refractivity contribution in [3.05, 3.63) is 41.4 Å². The highest BCUT2D eigenvalue weighted by atomic mass is 35.5. The molecule has 0 spiro atoms. The van der Waals surface area contributed by atoms with Crippen LogP contribution in [-0.2, 0) is 4.79 Å². The lowest BCUT2D eigenvalue weighted by Gasteiger charge is -2.14. The number of aromatic amines is 1. The lowest BCUT2D eigenvalue weighted by atomic mass is 10.0. The average Bonchev–Trinajstić information content (AvgIpc) is 3.10. The molecule has 32 heavy (non-hydrogen) atoms. The highest BCUT2D eigenvalue weighted by Crippen LogP contribution is 2.44. The van der Waals surface area contributed by atoms with Crippen molar-refractivity contribution < 1.29 is 31.5 Å². The smallest absolute Gasteiger partial charge is 0.400 e. The third-order valence-electron chi connectivity index (χ3n) is 5.02. The zero-order valence-corrected chi connectivity index (χ0v) is 16.4. The van der Waals surface area contributed by atoms with Crippen LogP contribution in [0.3, 0.4) is 0 Å². The molecule has 3 heterocycles. The molecule has 1 aliphatic carbocycles. The van der Waals surface area contributed by atoms with Crippen molar-refractivity contribution in [1.29, 1.82) is 0 Å². The fourth-order valence-electron chi connectivity index (χ4n) is 3.45. The quantitative estimate of drug-likeness (QED) is 0.416. The van der Waals surface area contributed by atoms with Gasteiger partial charge in [-0.3, -0.25) is 9.89 Å². The van der Waals surface area contributed by atoms with Crippen molar-refractivity contribution in [2.24, 2.45) is 5.92 Å². The van der Waals surface area contributed by atoms with Crippen LogP contribution < -0.4 is 10.1 Å². The van der Waals surface area contributed by atoms with E-state index in [9.17, 15) is 26.7 Å². The second-order valence-corrected chi connectivity index (χ2v) is 7.58. The number of pyridine rings is 1. The lowest BCUT2D eigenvalue weighted by Crippen LogP contribution is -2.18. The maximum Gasteiger partial charge on any atom is 0.573 e. The number of alkyl halides is 4. The molecule has 4 aromatic rings. The van der Waals surface area contributed by atoms with E-state index in [0.717, 1.165) is 0 Å². The Labute approximate surface area is 180 Å². The predicted molar refractivity (Wildman–Crippen MR) is 104 cm³/mol. The highest BCUT2D eigenvalue weighted by Gasteiger charge is 2.43. The fraction of sp³-hybridized carbons (Fsp3) is 0.211. The van der Waals surface area contributed by atoms with Gasteiger partial charge in [-0.05, 0) is 24.1 Å². The summed E-state index contributed by atoms with van der Waals surface area (Å²) < 4.78 is 71.2. The van der Waals surface area contributed by atoms with Crippen LogP contribution in [0, 0.1) is 11.7 Å². The molecule has 2 unspecified atom stereocenters. The van der Waals surface area contributed by atoms with E-state index in [2.05, 4.69) is 25.3 Å². The van der Waals surface area contributed by atoms with Crippen molar-refractivity contribution in [2.45, 2.75) is 19.0 Å². The first kappa shape index (κ1) is 20.5. The predicted octanol–water partition coefficient (Wildman–Crippen LogP) is 4.87. The monoisotopic (exact) mass is 471 g/mol. The molecule has 0 aliphatic heterocycles. The number of halogens is 6. The van der Waals surface area contributed by atoms with Gasteiger partial charge in [0, 0.05) is 23.2 Å². The zero-order chi connectivity index (χ0) is 22.8. The van der Waals surface area contributed by atoms with Crippen LogP contribution in [0.2, 0.25) is 5.02 Å². The lowest BCUT2D eigenvalue weighted by molar-refractivity contribution is -0.275. The number of nitrogens with zero attached hydrogens (tertiary/aromatic N) is 3. The molecule has 0 saturated heterocycles. The van der Waals surface area contributed by atoms with Gasteiger partial charge in [-0.1, -0.05) is 11.6 Å². The molecular formula is C19H11ClF5N5O2. The van der Waals surface area contributed by atoms with Crippen LogP contribution in [0.15, 0.2) is 30.6 Å². The molecule has 13 heteroatoms. The summed E-state index contributed by atoms with van der Waals surface area (Å²) in [5, 5.41) is 12.2. The number of nitrogens with one attached hydrogen (secondary N) is 2. The van der Waals surface area contributed by atoms with Crippen molar-refractivity contribution in [2.75, 3.05) is 5.32 Å². The number of amides is 1. The Morgan fingerprint density at radius 2 is 2.09 bits per heavy atom. The Kier molecular flexibility index (Phi) is 4.52. The zero-order valence-electron chi connectivity index (χ0n) is 15.7. The number of benzene rings is 1. The number of fused-ring (bicyclic) bond motifs is 2. The van der Waals surface area contributed by atoms with Gasteiger partial charge in [-0.25, -0.2) is 13.3 Å². The molecule has 5 rings (SSSR count). The average molecular weight is 472 g/mol. The molecule has 1 saturated carbocycles. The molecule has 2 atom stereocenters. The Hall–Kier alpha value is -3.41. The fourth-order valence-corrected chi connectivity index (χ4v) is 3.74. The summed E-state index contributed by atoms with van der Waals surface area (Å²) in [5.41, 5.74) is 0.602. The Morgan fingerprint density at radius 1 is 1.34 bits per heavy atom. The summed E-state index contributed by atoms with van der Waals surface area (Å²) in [6.07, 6.45) is -3.42. The van der Waals surface area contributed by atoms with Crippen molar-refractivity contribution in [1.82, 2.24) is 19.8 Å². The van der Waals surface area contributed by atoms with E-state index in [1.165, 1.54) is 29.0 Å². The van der Waals surface area contributed by atoms with Crippen LogP contribution in [0.5, 0.6) is 5.75 Å². The summed E-state index contributed by atoms with van der Waals surface area (Å²) in [6.45, 7) is 0. The number of hydrogen-bond acceptors (Lipinski definition) is 4. The van der Waals surface area contributed by atoms with Gasteiger partial charge in [-0.15, -0.1) is 13.2 Å². The number of H-pyrrole nitrogens is 1. The van der Waals surface area contributed by atoms with Gasteiger partial charge >= 0.3 is 6.36 Å². The first-order valence-corrected chi connectivity index (χ1v) is 9.54. The summed E-state index contributed by atoms with van der Waals surface area (Å²) in [6, 6.07) is 4.57. The number of carbonyl (C=O) groups is 1. The normalized spacial score (nSPS) is 18.3. The first-order chi connectivity index (χ1) is 15.1. The van der Waals surface area contributed by atoms with Gasteiger partial charge in [0.15, 0.2) is 17.4 Å². The number of hydrogen-bond donors (Lipinski definition) is 2. The van der Waals surface area contributed by atoms with E-state index in [0.29, 0.717) is 11.1 Å². The number of aromatic nitrogens is 4. The Bertz CT molecular complexity index is 1380. The van der Waals surface area contributed by atoms with E-state index >= 15 is 0 Å². The van der Waals surface area contributed by atoms with Crippen LogP contribution in [0.4, 0.5) is 27.8 Å². The summed E-state index contributed by atoms with van der Waals surface area (Å²) >= 11 is 6.10. The standard InChI is InChI=1S/C19H11ClF5N5O2/c20-14-13(10-6-26-28-16(10)17(15(14)22)32-19(23,24)25)7-1-2-30-8(3-7)4-12(29-30)27-18(31)9-5-11(9)21/h1-4,6,9,11H,5H2,(H,26,28)(H,27,29,31). The highest BCUT2D eigenvalue weighted by molar-refractivity contribution is 6.35. The van der Waals surface area contributed by atoms with Crippen LogP contribution >= 0.6 is 11.6 Å². The molecule has 7 nitrogen and oxygen atoms in total. The summed E-state index contributed by atoms with van der Waals surface area (Å²) in [7, 11) is 0. The molecule has 1 fully saturated rings. The van der Waals surface area contributed by atoms with Crippen LogP contribution in [-0.4, -0.2) is 38.3 Å².